The lowest BCUT2D eigenvalue weighted by molar-refractivity contribution is -0.132. The van der Waals surface area contributed by atoms with Crippen LogP contribution in [0.3, 0.4) is 0 Å². The molecule has 3 aromatic rings. The molecule has 6 heteroatoms. The molecule has 4 rings (SSSR count). The molecule has 0 aliphatic carbocycles. The minimum Gasteiger partial charge on any atom is -0.469 e. The first-order valence-corrected chi connectivity index (χ1v) is 9.07. The summed E-state index contributed by atoms with van der Waals surface area (Å²) in [5.74, 6) is 0.756. The number of aryl methyl sites for hydroxylation is 1. The van der Waals surface area contributed by atoms with Gasteiger partial charge in [-0.2, -0.15) is 10.4 Å². The van der Waals surface area contributed by atoms with Crippen molar-refractivity contribution in [1.29, 1.82) is 5.26 Å². The molecule has 2 aromatic heterocycles. The second kappa shape index (κ2) is 7.50. The Morgan fingerprint density at radius 3 is 2.81 bits per heavy atom. The van der Waals surface area contributed by atoms with Gasteiger partial charge in [-0.3, -0.25) is 9.48 Å². The van der Waals surface area contributed by atoms with Crippen molar-refractivity contribution in [3.8, 4) is 6.07 Å². The Bertz CT molecular complexity index is 954. The molecule has 0 spiro atoms. The van der Waals surface area contributed by atoms with E-state index in [2.05, 4.69) is 11.2 Å². The van der Waals surface area contributed by atoms with E-state index in [0.717, 1.165) is 30.0 Å². The van der Waals surface area contributed by atoms with Crippen LogP contribution in [-0.2, 0) is 17.9 Å². The molecule has 0 fully saturated rings. The van der Waals surface area contributed by atoms with Gasteiger partial charge >= 0.3 is 0 Å². The third kappa shape index (κ3) is 3.63. The standard InChI is InChI=1S/C21H20N4O2/c22-14-17-12-18-15-24(9-5-10-25(18)23-17)21(26)13-19(20-8-4-11-27-20)16-6-2-1-3-7-16/h1-4,6-8,11-12,19H,5,9-10,13,15H2/t19-/m0/s1. The maximum absolute atomic E-state index is 13.1. The van der Waals surface area contributed by atoms with Crippen LogP contribution in [0.25, 0.3) is 0 Å². The molecule has 0 unspecified atom stereocenters. The van der Waals surface area contributed by atoms with Crippen molar-refractivity contribution in [2.75, 3.05) is 6.54 Å². The van der Waals surface area contributed by atoms with Crippen LogP contribution in [0.2, 0.25) is 0 Å². The smallest absolute Gasteiger partial charge is 0.223 e. The molecular formula is C21H20N4O2. The molecule has 0 saturated heterocycles. The third-order valence-corrected chi connectivity index (χ3v) is 4.95. The summed E-state index contributed by atoms with van der Waals surface area (Å²) in [5.41, 5.74) is 2.37. The molecule has 1 atom stereocenters. The fraction of sp³-hybridized carbons (Fsp3) is 0.286. The van der Waals surface area contributed by atoms with E-state index in [9.17, 15) is 4.79 Å². The van der Waals surface area contributed by atoms with Gasteiger partial charge in [0.1, 0.15) is 11.8 Å². The number of amides is 1. The number of carbonyl (C=O) groups excluding carboxylic acids is 1. The Kier molecular flexibility index (Phi) is 4.75. The molecule has 0 saturated carbocycles. The molecule has 1 aliphatic rings. The summed E-state index contributed by atoms with van der Waals surface area (Å²) in [6.45, 7) is 1.89. The van der Waals surface area contributed by atoms with Gasteiger partial charge in [0.2, 0.25) is 5.91 Å². The molecule has 0 N–H and O–H groups in total. The predicted octanol–water partition coefficient (Wildman–Crippen LogP) is 3.30. The predicted molar refractivity (Wildman–Crippen MR) is 98.6 cm³/mol. The number of nitriles is 1. The van der Waals surface area contributed by atoms with Crippen molar-refractivity contribution in [2.45, 2.75) is 31.8 Å². The quantitative estimate of drug-likeness (QED) is 0.715. The number of fused-ring (bicyclic) bond motifs is 1. The van der Waals surface area contributed by atoms with Gasteiger partial charge in [-0.05, 0) is 30.2 Å². The van der Waals surface area contributed by atoms with E-state index >= 15 is 0 Å². The Morgan fingerprint density at radius 2 is 2.07 bits per heavy atom. The van der Waals surface area contributed by atoms with Gasteiger partial charge in [0.15, 0.2) is 5.69 Å². The Morgan fingerprint density at radius 1 is 1.22 bits per heavy atom. The van der Waals surface area contributed by atoms with Gasteiger partial charge in [-0.1, -0.05) is 30.3 Å². The van der Waals surface area contributed by atoms with E-state index in [1.54, 1.807) is 12.3 Å². The maximum Gasteiger partial charge on any atom is 0.223 e. The lowest BCUT2D eigenvalue weighted by Crippen LogP contribution is -2.31. The van der Waals surface area contributed by atoms with E-state index in [4.69, 9.17) is 9.68 Å². The first kappa shape index (κ1) is 17.1. The number of carbonyl (C=O) groups is 1. The van der Waals surface area contributed by atoms with Crippen LogP contribution >= 0.6 is 0 Å². The maximum atomic E-state index is 13.1. The molecule has 0 radical (unpaired) electrons. The highest BCUT2D eigenvalue weighted by molar-refractivity contribution is 5.77. The van der Waals surface area contributed by atoms with Crippen molar-refractivity contribution in [2.24, 2.45) is 0 Å². The van der Waals surface area contributed by atoms with E-state index in [1.165, 1.54) is 0 Å². The monoisotopic (exact) mass is 360 g/mol. The summed E-state index contributed by atoms with van der Waals surface area (Å²) in [7, 11) is 0. The fourth-order valence-electron chi connectivity index (χ4n) is 3.59. The van der Waals surface area contributed by atoms with Crippen LogP contribution < -0.4 is 0 Å². The van der Waals surface area contributed by atoms with Crippen LogP contribution in [0.1, 0.15) is 41.5 Å². The molecule has 3 heterocycles. The number of furan rings is 1. The number of benzene rings is 1. The van der Waals surface area contributed by atoms with E-state index in [-0.39, 0.29) is 11.8 Å². The van der Waals surface area contributed by atoms with E-state index in [1.807, 2.05) is 52.0 Å². The number of nitrogens with zero attached hydrogens (tertiary/aromatic N) is 4. The Balaban J connectivity index is 1.55. The summed E-state index contributed by atoms with van der Waals surface area (Å²) in [6.07, 6.45) is 2.81. The zero-order chi connectivity index (χ0) is 18.6. The molecular weight excluding hydrogens is 340 g/mol. The highest BCUT2D eigenvalue weighted by Crippen LogP contribution is 2.29. The van der Waals surface area contributed by atoms with E-state index in [0.29, 0.717) is 25.2 Å². The number of rotatable bonds is 4. The molecule has 27 heavy (non-hydrogen) atoms. The molecule has 136 valence electrons. The van der Waals surface area contributed by atoms with Crippen molar-refractivity contribution in [3.05, 3.63) is 77.5 Å². The summed E-state index contributed by atoms with van der Waals surface area (Å²) in [6, 6.07) is 17.6. The van der Waals surface area contributed by atoms with E-state index < -0.39 is 0 Å². The summed E-state index contributed by atoms with van der Waals surface area (Å²) >= 11 is 0. The average Bonchev–Trinajstić information content (AvgIpc) is 3.32. The van der Waals surface area contributed by atoms with Gasteiger partial charge in [0.05, 0.1) is 24.4 Å². The molecule has 0 bridgehead atoms. The van der Waals surface area contributed by atoms with Crippen LogP contribution in [0, 0.1) is 11.3 Å². The Hall–Kier alpha value is -3.33. The molecule has 1 aromatic carbocycles. The van der Waals surface area contributed by atoms with Gasteiger partial charge in [-0.25, -0.2) is 0 Å². The van der Waals surface area contributed by atoms with Crippen LogP contribution in [0.4, 0.5) is 0 Å². The number of hydrogen-bond acceptors (Lipinski definition) is 4. The van der Waals surface area contributed by atoms with Crippen LogP contribution in [0.5, 0.6) is 0 Å². The second-order valence-corrected chi connectivity index (χ2v) is 6.71. The first-order valence-electron chi connectivity index (χ1n) is 9.07. The average molecular weight is 360 g/mol. The summed E-state index contributed by atoms with van der Waals surface area (Å²) < 4.78 is 7.46. The largest absolute Gasteiger partial charge is 0.469 e. The van der Waals surface area contributed by atoms with Gasteiger partial charge < -0.3 is 9.32 Å². The minimum absolute atomic E-state index is 0.0772. The van der Waals surface area contributed by atoms with Crippen molar-refractivity contribution < 1.29 is 9.21 Å². The molecule has 1 amide bonds. The first-order chi connectivity index (χ1) is 13.2. The summed E-state index contributed by atoms with van der Waals surface area (Å²) in [4.78, 5) is 15.0. The lowest BCUT2D eigenvalue weighted by atomic mass is 9.92. The SMILES string of the molecule is N#Cc1cc2n(n1)CCCN(C(=O)C[C@@H](c1ccccc1)c1ccco1)C2. The Labute approximate surface area is 157 Å². The van der Waals surface area contributed by atoms with Crippen molar-refractivity contribution >= 4 is 5.91 Å². The normalized spacial score (nSPS) is 14.9. The fourth-order valence-corrected chi connectivity index (χ4v) is 3.59. The zero-order valence-corrected chi connectivity index (χ0v) is 14.9. The van der Waals surface area contributed by atoms with Gasteiger partial charge in [-0.15, -0.1) is 0 Å². The number of aromatic nitrogens is 2. The second-order valence-electron chi connectivity index (χ2n) is 6.71. The highest BCUT2D eigenvalue weighted by atomic mass is 16.3. The number of hydrogen-bond donors (Lipinski definition) is 0. The topological polar surface area (TPSA) is 75.1 Å². The zero-order valence-electron chi connectivity index (χ0n) is 14.9. The lowest BCUT2D eigenvalue weighted by Gasteiger charge is -2.23. The molecule has 1 aliphatic heterocycles. The minimum atomic E-state index is -0.114. The molecule has 6 nitrogen and oxygen atoms in total. The van der Waals surface area contributed by atoms with Crippen LogP contribution in [0.15, 0.2) is 59.2 Å². The third-order valence-electron chi connectivity index (χ3n) is 4.95. The highest BCUT2D eigenvalue weighted by Gasteiger charge is 2.26. The van der Waals surface area contributed by atoms with Crippen molar-refractivity contribution in [1.82, 2.24) is 14.7 Å². The van der Waals surface area contributed by atoms with Gasteiger partial charge in [0, 0.05) is 19.5 Å². The van der Waals surface area contributed by atoms with Gasteiger partial charge in [0.25, 0.3) is 0 Å². The summed E-state index contributed by atoms with van der Waals surface area (Å²) in [5, 5.41) is 13.3. The van der Waals surface area contributed by atoms with Crippen LogP contribution in [-0.4, -0.2) is 27.1 Å². The van der Waals surface area contributed by atoms with Crippen molar-refractivity contribution in [3.63, 3.8) is 0 Å².